The Hall–Kier alpha value is -3.33. The molecule has 2 aliphatic carbocycles. The minimum absolute atomic E-state index is 0.00803. The summed E-state index contributed by atoms with van der Waals surface area (Å²) in [5.41, 5.74) is 1.30. The first-order valence-electron chi connectivity index (χ1n) is 18.4. The number of aliphatic hydroxyl groups excluding tert-OH is 2. The largest absolute Gasteiger partial charge is 0.390 e. The van der Waals surface area contributed by atoms with Gasteiger partial charge < -0.3 is 35.5 Å². The van der Waals surface area contributed by atoms with Crippen molar-refractivity contribution in [2.75, 3.05) is 32.1 Å². The van der Waals surface area contributed by atoms with E-state index < -0.39 is 68.3 Å². The fourth-order valence-corrected chi connectivity index (χ4v) is 8.91. The van der Waals surface area contributed by atoms with Crippen LogP contribution in [0.2, 0.25) is 0 Å². The Labute approximate surface area is 301 Å². The summed E-state index contributed by atoms with van der Waals surface area (Å²) in [4.78, 5) is 50.4. The van der Waals surface area contributed by atoms with Crippen molar-refractivity contribution in [2.45, 2.75) is 107 Å². The van der Waals surface area contributed by atoms with Crippen LogP contribution in [-0.2, 0) is 41.8 Å². The number of sulfone groups is 1. The number of H-pyrrole nitrogens is 1. The number of hydrogen-bond acceptors (Lipinski definition) is 9. The van der Waals surface area contributed by atoms with Gasteiger partial charge in [-0.15, -0.1) is 0 Å². The van der Waals surface area contributed by atoms with Gasteiger partial charge in [-0.05, 0) is 56.9 Å². The third-order valence-corrected chi connectivity index (χ3v) is 13.4. The van der Waals surface area contributed by atoms with Crippen molar-refractivity contribution in [3.05, 3.63) is 54.1 Å². The Morgan fingerprint density at radius 3 is 2.29 bits per heavy atom. The highest BCUT2D eigenvalue weighted by Gasteiger charge is 2.46. The number of hydrogen-bond donors (Lipinski definition) is 5. The van der Waals surface area contributed by atoms with E-state index >= 15 is 0 Å². The standard InChI is InChI=1S/C37H55N5O8S/c1-37(2,36(47)42-15-17-50-18-16-42)51(48,49)23-28(19-25-9-5-3-6-10-25)34(45)41-31(21-29-22-38-24-39-29)35(46)40-30(20-26-11-7-4-8-12-26)33(44)32(43)27-13-14-27/h3,5-6,9-10,22,24,26-28,30-33,43-44H,4,7-8,11-21,23H2,1-2H3,(H,38,39)(H,40,46)(H,41,45)/t28-,30+,31+,32+,33?/m1/s1. The van der Waals surface area contributed by atoms with Gasteiger partial charge in [0.15, 0.2) is 9.84 Å². The van der Waals surface area contributed by atoms with Crippen molar-refractivity contribution < 1.29 is 37.8 Å². The summed E-state index contributed by atoms with van der Waals surface area (Å²) in [7, 11) is -4.21. The van der Waals surface area contributed by atoms with Crippen molar-refractivity contribution in [2.24, 2.45) is 17.8 Å². The number of carbonyl (C=O) groups excluding carboxylic acids is 3. The molecule has 2 aromatic rings. The van der Waals surface area contributed by atoms with Crippen LogP contribution in [0.25, 0.3) is 0 Å². The summed E-state index contributed by atoms with van der Waals surface area (Å²) in [6, 6.07) is 7.14. The van der Waals surface area contributed by atoms with Gasteiger partial charge in [0.05, 0.1) is 43.4 Å². The first-order valence-corrected chi connectivity index (χ1v) is 20.1. The van der Waals surface area contributed by atoms with Gasteiger partial charge in [-0.3, -0.25) is 14.4 Å². The lowest BCUT2D eigenvalue weighted by atomic mass is 9.82. The lowest BCUT2D eigenvalue weighted by Crippen LogP contribution is -2.57. The van der Waals surface area contributed by atoms with E-state index in [9.17, 15) is 33.0 Å². The van der Waals surface area contributed by atoms with Gasteiger partial charge in [-0.2, -0.15) is 0 Å². The van der Waals surface area contributed by atoms with Gasteiger partial charge in [0.2, 0.25) is 17.7 Å². The van der Waals surface area contributed by atoms with Crippen molar-refractivity contribution >= 4 is 27.6 Å². The highest BCUT2D eigenvalue weighted by Crippen LogP contribution is 2.36. The fourth-order valence-electron chi connectivity index (χ4n) is 7.30. The zero-order chi connectivity index (χ0) is 36.6. The molecule has 1 aromatic carbocycles. The first-order chi connectivity index (χ1) is 24.4. The van der Waals surface area contributed by atoms with Crippen LogP contribution in [0.15, 0.2) is 42.9 Å². The number of ether oxygens (including phenoxy) is 1. The molecule has 0 radical (unpaired) electrons. The zero-order valence-electron chi connectivity index (χ0n) is 29.8. The molecule has 2 saturated carbocycles. The predicted molar refractivity (Wildman–Crippen MR) is 191 cm³/mol. The number of aromatic nitrogens is 2. The number of aromatic amines is 1. The van der Waals surface area contributed by atoms with Crippen LogP contribution in [0, 0.1) is 17.8 Å². The topological polar surface area (TPSA) is 191 Å². The fraction of sp³-hybridized carbons (Fsp3) is 0.676. The van der Waals surface area contributed by atoms with E-state index in [2.05, 4.69) is 20.6 Å². The minimum Gasteiger partial charge on any atom is -0.390 e. The van der Waals surface area contributed by atoms with Gasteiger partial charge in [0, 0.05) is 31.4 Å². The monoisotopic (exact) mass is 729 g/mol. The third kappa shape index (κ3) is 10.4. The molecule has 14 heteroatoms. The van der Waals surface area contributed by atoms with Crippen LogP contribution in [0.3, 0.4) is 0 Å². The van der Waals surface area contributed by atoms with Gasteiger partial charge in [-0.25, -0.2) is 13.4 Å². The highest BCUT2D eigenvalue weighted by atomic mass is 32.2. The molecular formula is C37H55N5O8S. The summed E-state index contributed by atoms with van der Waals surface area (Å²) in [6.07, 6.45) is 8.36. The quantitative estimate of drug-likeness (QED) is 0.162. The number of morpholine rings is 1. The Kier molecular flexibility index (Phi) is 13.3. The molecule has 5 rings (SSSR count). The molecule has 3 amide bonds. The van der Waals surface area contributed by atoms with Crippen LogP contribution in [0.4, 0.5) is 0 Å². The van der Waals surface area contributed by atoms with E-state index in [1.165, 1.54) is 25.1 Å². The number of benzene rings is 1. The van der Waals surface area contributed by atoms with E-state index in [1.54, 1.807) is 30.5 Å². The van der Waals surface area contributed by atoms with E-state index in [-0.39, 0.29) is 37.8 Å². The number of aliphatic hydroxyl groups is 2. The van der Waals surface area contributed by atoms with Crippen molar-refractivity contribution in [3.8, 4) is 0 Å². The minimum atomic E-state index is -4.21. The molecule has 13 nitrogen and oxygen atoms in total. The summed E-state index contributed by atoms with van der Waals surface area (Å²) in [5, 5.41) is 28.0. The van der Waals surface area contributed by atoms with Gasteiger partial charge in [0.1, 0.15) is 16.9 Å². The molecule has 51 heavy (non-hydrogen) atoms. The number of rotatable bonds is 17. The van der Waals surface area contributed by atoms with Crippen molar-refractivity contribution in [1.82, 2.24) is 25.5 Å². The Morgan fingerprint density at radius 2 is 1.67 bits per heavy atom. The van der Waals surface area contributed by atoms with Crippen LogP contribution in [-0.4, -0.2) is 112 Å². The van der Waals surface area contributed by atoms with Gasteiger partial charge in [0.25, 0.3) is 0 Å². The maximum atomic E-state index is 14.2. The molecule has 5 atom stereocenters. The average molecular weight is 730 g/mol. The Bertz CT molecular complexity index is 1540. The lowest BCUT2D eigenvalue weighted by molar-refractivity contribution is -0.137. The van der Waals surface area contributed by atoms with E-state index in [1.807, 2.05) is 6.07 Å². The van der Waals surface area contributed by atoms with Crippen LogP contribution < -0.4 is 10.6 Å². The van der Waals surface area contributed by atoms with E-state index in [0.717, 1.165) is 50.5 Å². The van der Waals surface area contributed by atoms with Crippen molar-refractivity contribution in [3.63, 3.8) is 0 Å². The highest BCUT2D eigenvalue weighted by molar-refractivity contribution is 7.93. The number of carbonyl (C=O) groups is 3. The summed E-state index contributed by atoms with van der Waals surface area (Å²) >= 11 is 0. The third-order valence-electron chi connectivity index (χ3n) is 10.8. The maximum absolute atomic E-state index is 14.2. The SMILES string of the molecule is CC(C)(C(=O)N1CCOCC1)S(=O)(=O)C[C@@H](Cc1ccccc1)C(=O)N[C@@H](Cc1cnc[nH]1)C(=O)N[C@@H](CC1CCCCC1)C(O)[C@@H](O)C1CC1. The van der Waals surface area contributed by atoms with Gasteiger partial charge in [-0.1, -0.05) is 62.4 Å². The second kappa shape index (κ2) is 17.5. The summed E-state index contributed by atoms with van der Waals surface area (Å²) in [6.45, 7) is 3.95. The molecule has 0 spiro atoms. The smallest absolute Gasteiger partial charge is 0.243 e. The second-order valence-electron chi connectivity index (χ2n) is 15.1. The number of amides is 3. The number of nitrogens with one attached hydrogen (secondary N) is 3. The first kappa shape index (κ1) is 38.9. The van der Waals surface area contributed by atoms with Crippen LogP contribution in [0.1, 0.15) is 76.5 Å². The summed E-state index contributed by atoms with van der Waals surface area (Å²) < 4.78 is 31.6. The molecule has 1 aliphatic heterocycles. The second-order valence-corrected chi connectivity index (χ2v) is 17.7. The van der Waals surface area contributed by atoms with E-state index in [0.29, 0.717) is 25.3 Å². The molecule has 0 bridgehead atoms. The lowest BCUT2D eigenvalue weighted by Gasteiger charge is -2.35. The Morgan fingerprint density at radius 1 is 0.980 bits per heavy atom. The Balaban J connectivity index is 1.38. The average Bonchev–Trinajstić information content (AvgIpc) is 3.86. The zero-order valence-corrected chi connectivity index (χ0v) is 30.7. The normalized spacial score (nSPS) is 20.5. The van der Waals surface area contributed by atoms with E-state index in [4.69, 9.17) is 4.74 Å². The molecular weight excluding hydrogens is 675 g/mol. The molecule has 1 unspecified atom stereocenters. The molecule has 1 saturated heterocycles. The molecule has 282 valence electrons. The molecule has 2 heterocycles. The van der Waals surface area contributed by atoms with Gasteiger partial charge >= 0.3 is 0 Å². The predicted octanol–water partition coefficient (Wildman–Crippen LogP) is 1.94. The summed E-state index contributed by atoms with van der Waals surface area (Å²) in [5.74, 6) is -3.22. The van der Waals surface area contributed by atoms with Crippen LogP contribution in [0.5, 0.6) is 0 Å². The molecule has 1 aromatic heterocycles. The number of nitrogens with zero attached hydrogens (tertiary/aromatic N) is 2. The van der Waals surface area contributed by atoms with Crippen molar-refractivity contribution in [1.29, 1.82) is 0 Å². The number of imidazole rings is 1. The molecule has 5 N–H and O–H groups in total. The maximum Gasteiger partial charge on any atom is 0.243 e. The molecule has 3 fully saturated rings. The molecule has 3 aliphatic rings. The van der Waals surface area contributed by atoms with Crippen LogP contribution >= 0.6 is 0 Å².